The van der Waals surface area contributed by atoms with Gasteiger partial charge in [-0.15, -0.1) is 0 Å². The lowest BCUT2D eigenvalue weighted by Gasteiger charge is -2.07. The molecule has 0 aliphatic rings. The van der Waals surface area contributed by atoms with Crippen molar-refractivity contribution < 1.29 is 14.3 Å². The van der Waals surface area contributed by atoms with Crippen molar-refractivity contribution in [3.05, 3.63) is 12.2 Å². The van der Waals surface area contributed by atoms with E-state index in [4.69, 9.17) is 4.74 Å². The number of allylic oxidation sites excluding steroid dienone is 1. The van der Waals surface area contributed by atoms with Gasteiger partial charge in [0.05, 0.1) is 0 Å². The summed E-state index contributed by atoms with van der Waals surface area (Å²) in [5.41, 5.74) is 0. The van der Waals surface area contributed by atoms with Crippen LogP contribution in [0.4, 0.5) is 0 Å². The summed E-state index contributed by atoms with van der Waals surface area (Å²) < 4.78 is 4.79. The summed E-state index contributed by atoms with van der Waals surface area (Å²) in [4.78, 5) is 20.2. The molecule has 0 aromatic carbocycles. The number of rotatable bonds is 4. The normalized spacial score (nSPS) is 12.9. The van der Waals surface area contributed by atoms with Gasteiger partial charge in [-0.25, -0.2) is 0 Å². The van der Waals surface area contributed by atoms with Gasteiger partial charge in [-0.05, 0) is 13.0 Å². The van der Waals surface area contributed by atoms with Gasteiger partial charge < -0.3 is 4.74 Å². The van der Waals surface area contributed by atoms with Crippen molar-refractivity contribution >= 4 is 12.3 Å². The Balaban J connectivity index is 3.51. The minimum atomic E-state index is -0.294. The summed E-state index contributed by atoms with van der Waals surface area (Å²) in [6, 6.07) is 0. The highest BCUT2D eigenvalue weighted by Crippen LogP contribution is 1.97. The SMILES string of the molecule is CC(=O)OC(C)C/C=C/C=O. The standard InChI is InChI=1S/C8H12O3/c1-7(11-8(2)10)5-3-4-6-9/h3-4,6-7H,5H2,1-2H3/b4-3+. The van der Waals surface area contributed by atoms with E-state index < -0.39 is 0 Å². The number of esters is 1. The summed E-state index contributed by atoms with van der Waals surface area (Å²) in [6.45, 7) is 3.14. The first-order valence-electron chi connectivity index (χ1n) is 3.44. The number of hydrogen-bond donors (Lipinski definition) is 0. The average Bonchev–Trinajstić information content (AvgIpc) is 1.86. The second kappa shape index (κ2) is 5.65. The topological polar surface area (TPSA) is 43.4 Å². The van der Waals surface area contributed by atoms with E-state index in [9.17, 15) is 9.59 Å². The molecule has 0 aromatic rings. The molecule has 11 heavy (non-hydrogen) atoms. The van der Waals surface area contributed by atoms with Gasteiger partial charge in [0, 0.05) is 13.3 Å². The molecule has 0 saturated carbocycles. The first kappa shape index (κ1) is 9.88. The maximum absolute atomic E-state index is 10.4. The highest BCUT2D eigenvalue weighted by atomic mass is 16.5. The molecule has 3 nitrogen and oxygen atoms in total. The molecule has 0 spiro atoms. The Morgan fingerprint density at radius 1 is 1.64 bits per heavy atom. The van der Waals surface area contributed by atoms with Crippen LogP contribution >= 0.6 is 0 Å². The Morgan fingerprint density at radius 3 is 2.73 bits per heavy atom. The highest BCUT2D eigenvalue weighted by molar-refractivity contribution is 5.66. The van der Waals surface area contributed by atoms with Crippen LogP contribution in [-0.2, 0) is 14.3 Å². The zero-order chi connectivity index (χ0) is 8.69. The Bertz CT molecular complexity index is 161. The number of hydrogen-bond acceptors (Lipinski definition) is 3. The van der Waals surface area contributed by atoms with E-state index in [-0.39, 0.29) is 12.1 Å². The fraction of sp³-hybridized carbons (Fsp3) is 0.500. The van der Waals surface area contributed by atoms with Crippen LogP contribution in [0.1, 0.15) is 20.3 Å². The van der Waals surface area contributed by atoms with Crippen LogP contribution in [0.15, 0.2) is 12.2 Å². The summed E-state index contributed by atoms with van der Waals surface area (Å²) >= 11 is 0. The fourth-order valence-electron chi connectivity index (χ4n) is 0.657. The Kier molecular flexibility index (Phi) is 5.07. The van der Waals surface area contributed by atoms with E-state index in [1.165, 1.54) is 13.0 Å². The molecule has 0 rings (SSSR count). The summed E-state index contributed by atoms with van der Waals surface area (Å²) in [6.07, 6.45) is 4.18. The smallest absolute Gasteiger partial charge is 0.302 e. The van der Waals surface area contributed by atoms with Crippen molar-refractivity contribution in [3.8, 4) is 0 Å². The zero-order valence-corrected chi connectivity index (χ0v) is 6.74. The van der Waals surface area contributed by atoms with Gasteiger partial charge in [-0.3, -0.25) is 9.59 Å². The molecule has 3 heteroatoms. The van der Waals surface area contributed by atoms with Gasteiger partial charge in [-0.1, -0.05) is 6.08 Å². The van der Waals surface area contributed by atoms with Crippen molar-refractivity contribution in [2.24, 2.45) is 0 Å². The van der Waals surface area contributed by atoms with E-state index in [1.807, 2.05) is 0 Å². The molecule has 0 aliphatic heterocycles. The fourth-order valence-corrected chi connectivity index (χ4v) is 0.657. The van der Waals surface area contributed by atoms with Crippen LogP contribution in [0.5, 0.6) is 0 Å². The van der Waals surface area contributed by atoms with Crippen molar-refractivity contribution in [1.82, 2.24) is 0 Å². The lowest BCUT2D eigenvalue weighted by Crippen LogP contribution is -2.10. The zero-order valence-electron chi connectivity index (χ0n) is 6.74. The van der Waals surface area contributed by atoms with Crippen LogP contribution in [0.3, 0.4) is 0 Å². The minimum Gasteiger partial charge on any atom is -0.463 e. The molecule has 0 amide bonds. The van der Waals surface area contributed by atoms with Gasteiger partial charge >= 0.3 is 5.97 Å². The molecule has 0 bridgehead atoms. The summed E-state index contributed by atoms with van der Waals surface area (Å²) in [5, 5.41) is 0. The number of carbonyl (C=O) groups is 2. The maximum atomic E-state index is 10.4. The molecule has 0 radical (unpaired) electrons. The van der Waals surface area contributed by atoms with Gasteiger partial charge in [0.15, 0.2) is 0 Å². The number of ether oxygens (including phenoxy) is 1. The van der Waals surface area contributed by atoms with Gasteiger partial charge in [0.2, 0.25) is 0 Å². The van der Waals surface area contributed by atoms with E-state index in [1.54, 1.807) is 13.0 Å². The summed E-state index contributed by atoms with van der Waals surface area (Å²) in [7, 11) is 0. The first-order valence-corrected chi connectivity index (χ1v) is 3.44. The maximum Gasteiger partial charge on any atom is 0.302 e. The molecule has 0 fully saturated rings. The van der Waals surface area contributed by atoms with Crippen LogP contribution in [0.2, 0.25) is 0 Å². The van der Waals surface area contributed by atoms with Crippen LogP contribution in [0.25, 0.3) is 0 Å². The van der Waals surface area contributed by atoms with Crippen LogP contribution < -0.4 is 0 Å². The molecule has 0 N–H and O–H groups in total. The summed E-state index contributed by atoms with van der Waals surface area (Å²) in [5.74, 6) is -0.294. The third-order valence-corrected chi connectivity index (χ3v) is 1.05. The van der Waals surface area contributed by atoms with Gasteiger partial charge in [-0.2, -0.15) is 0 Å². The lowest BCUT2D eigenvalue weighted by atomic mass is 10.2. The van der Waals surface area contributed by atoms with E-state index >= 15 is 0 Å². The predicted octanol–water partition coefficient (Wildman–Crippen LogP) is 1.08. The average molecular weight is 156 g/mol. The van der Waals surface area contributed by atoms with Crippen LogP contribution in [0, 0.1) is 0 Å². The Labute approximate surface area is 66.0 Å². The number of carbonyl (C=O) groups excluding carboxylic acids is 2. The van der Waals surface area contributed by atoms with Crippen molar-refractivity contribution in [3.63, 3.8) is 0 Å². The lowest BCUT2D eigenvalue weighted by molar-refractivity contribution is -0.145. The largest absolute Gasteiger partial charge is 0.463 e. The van der Waals surface area contributed by atoms with Crippen molar-refractivity contribution in [2.45, 2.75) is 26.4 Å². The molecule has 1 unspecified atom stereocenters. The second-order valence-electron chi connectivity index (χ2n) is 2.22. The Morgan fingerprint density at radius 2 is 2.27 bits per heavy atom. The molecular formula is C8H12O3. The third kappa shape index (κ3) is 6.77. The molecule has 0 heterocycles. The predicted molar refractivity (Wildman–Crippen MR) is 41.0 cm³/mol. The van der Waals surface area contributed by atoms with Gasteiger partial charge in [0.1, 0.15) is 12.4 Å². The molecular weight excluding hydrogens is 144 g/mol. The molecule has 1 atom stereocenters. The highest BCUT2D eigenvalue weighted by Gasteiger charge is 2.01. The molecule has 0 aromatic heterocycles. The van der Waals surface area contributed by atoms with Crippen molar-refractivity contribution in [2.75, 3.05) is 0 Å². The number of aldehydes is 1. The Hall–Kier alpha value is -1.12. The first-order chi connectivity index (χ1) is 5.16. The quantitative estimate of drug-likeness (QED) is 0.347. The minimum absolute atomic E-state index is 0.149. The second-order valence-corrected chi connectivity index (χ2v) is 2.22. The van der Waals surface area contributed by atoms with E-state index in [2.05, 4.69) is 0 Å². The van der Waals surface area contributed by atoms with E-state index in [0.717, 1.165) is 0 Å². The van der Waals surface area contributed by atoms with E-state index in [0.29, 0.717) is 12.7 Å². The van der Waals surface area contributed by atoms with Crippen molar-refractivity contribution in [1.29, 1.82) is 0 Å². The molecule has 0 saturated heterocycles. The molecule has 0 aliphatic carbocycles. The molecule has 62 valence electrons. The van der Waals surface area contributed by atoms with Gasteiger partial charge in [0.25, 0.3) is 0 Å². The third-order valence-electron chi connectivity index (χ3n) is 1.05. The van der Waals surface area contributed by atoms with Crippen LogP contribution in [-0.4, -0.2) is 18.4 Å². The monoisotopic (exact) mass is 156 g/mol.